The van der Waals surface area contributed by atoms with Crippen LogP contribution in [0.1, 0.15) is 13.8 Å². The van der Waals surface area contributed by atoms with Gasteiger partial charge in [0.2, 0.25) is 0 Å². The van der Waals surface area contributed by atoms with E-state index in [0.717, 1.165) is 48.0 Å². The quantitative estimate of drug-likeness (QED) is 0.588. The molecule has 5 nitrogen and oxygen atoms in total. The lowest BCUT2D eigenvalue weighted by atomic mass is 10.2. The Morgan fingerprint density at radius 3 is 2.69 bits per heavy atom. The highest BCUT2D eigenvalue weighted by atomic mass is 16.5. The summed E-state index contributed by atoms with van der Waals surface area (Å²) < 4.78 is 11.6. The Kier molecular flexibility index (Phi) is 6.02. The largest absolute Gasteiger partial charge is 0.491 e. The van der Waals surface area contributed by atoms with Crippen molar-refractivity contribution in [2.45, 2.75) is 13.8 Å². The molecule has 0 aliphatic heterocycles. The first-order valence-corrected chi connectivity index (χ1v) is 9.11. The number of aromatic nitrogens is 1. The summed E-state index contributed by atoms with van der Waals surface area (Å²) in [6.07, 6.45) is 1.94. The molecule has 0 saturated heterocycles. The van der Waals surface area contributed by atoms with Crippen LogP contribution >= 0.6 is 0 Å². The van der Waals surface area contributed by atoms with Crippen LogP contribution in [0.4, 0.5) is 11.4 Å². The fourth-order valence-electron chi connectivity index (χ4n) is 3.05. The van der Waals surface area contributed by atoms with E-state index in [1.54, 1.807) is 7.11 Å². The van der Waals surface area contributed by atoms with E-state index < -0.39 is 0 Å². The fraction of sp³-hybridized carbons (Fsp3) is 0.333. The van der Waals surface area contributed by atoms with Crippen molar-refractivity contribution in [3.05, 3.63) is 48.7 Å². The van der Waals surface area contributed by atoms with Gasteiger partial charge in [-0.3, -0.25) is 0 Å². The molecule has 0 aliphatic carbocycles. The minimum Gasteiger partial charge on any atom is -0.491 e. The van der Waals surface area contributed by atoms with Gasteiger partial charge in [-0.05, 0) is 49.5 Å². The van der Waals surface area contributed by atoms with Gasteiger partial charge < -0.3 is 24.7 Å². The van der Waals surface area contributed by atoms with Gasteiger partial charge in [0.15, 0.2) is 11.5 Å². The standard InChI is InChI=1S/C21H27N3O2/c1-4-24(5-2)13-14-26-20-8-6-7-19(21(20)25-3)23-17-9-10-18-16(15-17)11-12-22-18/h6-12,15,22-23H,4-5,13-14H2,1-3H3. The van der Waals surface area contributed by atoms with Gasteiger partial charge in [0.1, 0.15) is 6.61 Å². The van der Waals surface area contributed by atoms with E-state index in [1.807, 2.05) is 30.5 Å². The molecule has 1 aromatic heterocycles. The third-order valence-electron chi connectivity index (χ3n) is 4.57. The first-order valence-electron chi connectivity index (χ1n) is 9.11. The second-order valence-corrected chi connectivity index (χ2v) is 6.12. The minimum atomic E-state index is 0.636. The van der Waals surface area contributed by atoms with Gasteiger partial charge in [0.05, 0.1) is 12.8 Å². The molecule has 0 saturated carbocycles. The Labute approximate surface area is 154 Å². The first-order chi connectivity index (χ1) is 12.7. The second-order valence-electron chi connectivity index (χ2n) is 6.12. The number of likely N-dealkylation sites (N-methyl/N-ethyl adjacent to an activating group) is 1. The number of H-pyrrole nitrogens is 1. The van der Waals surface area contributed by atoms with E-state index in [4.69, 9.17) is 9.47 Å². The van der Waals surface area contributed by atoms with E-state index in [9.17, 15) is 0 Å². The highest BCUT2D eigenvalue weighted by molar-refractivity contribution is 5.84. The number of hydrogen-bond acceptors (Lipinski definition) is 4. The van der Waals surface area contributed by atoms with Gasteiger partial charge in [0.25, 0.3) is 0 Å². The third kappa shape index (κ3) is 4.11. The number of nitrogens with zero attached hydrogens (tertiary/aromatic N) is 1. The molecule has 138 valence electrons. The lowest BCUT2D eigenvalue weighted by Crippen LogP contribution is -2.27. The number of aromatic amines is 1. The molecular formula is C21H27N3O2. The average molecular weight is 353 g/mol. The molecule has 0 unspecified atom stereocenters. The zero-order valence-corrected chi connectivity index (χ0v) is 15.7. The summed E-state index contributed by atoms with van der Waals surface area (Å²) in [5.74, 6) is 1.48. The summed E-state index contributed by atoms with van der Waals surface area (Å²) in [5.41, 5.74) is 3.02. The molecule has 3 aromatic rings. The van der Waals surface area contributed by atoms with Gasteiger partial charge in [-0.2, -0.15) is 0 Å². The summed E-state index contributed by atoms with van der Waals surface area (Å²) in [5, 5.41) is 4.61. The van der Waals surface area contributed by atoms with Gasteiger partial charge >= 0.3 is 0 Å². The molecule has 0 bridgehead atoms. The van der Waals surface area contributed by atoms with Crippen LogP contribution in [0.2, 0.25) is 0 Å². The lowest BCUT2D eigenvalue weighted by molar-refractivity contribution is 0.217. The van der Waals surface area contributed by atoms with Crippen molar-refractivity contribution >= 4 is 22.3 Å². The fourth-order valence-corrected chi connectivity index (χ4v) is 3.05. The van der Waals surface area contributed by atoms with E-state index in [0.29, 0.717) is 6.61 Å². The molecule has 26 heavy (non-hydrogen) atoms. The highest BCUT2D eigenvalue weighted by Crippen LogP contribution is 2.37. The van der Waals surface area contributed by atoms with Crippen LogP contribution in [0.25, 0.3) is 10.9 Å². The zero-order valence-electron chi connectivity index (χ0n) is 15.7. The Hall–Kier alpha value is -2.66. The molecule has 0 aliphatic rings. The summed E-state index contributed by atoms with van der Waals surface area (Å²) in [4.78, 5) is 5.54. The number of anilines is 2. The number of rotatable bonds is 9. The number of nitrogens with one attached hydrogen (secondary N) is 2. The average Bonchev–Trinajstić information content (AvgIpc) is 3.13. The highest BCUT2D eigenvalue weighted by Gasteiger charge is 2.11. The van der Waals surface area contributed by atoms with Crippen molar-refractivity contribution in [3.8, 4) is 11.5 Å². The second kappa shape index (κ2) is 8.63. The Morgan fingerprint density at radius 1 is 1.08 bits per heavy atom. The van der Waals surface area contributed by atoms with Crippen LogP contribution in [0.5, 0.6) is 11.5 Å². The molecule has 0 amide bonds. The molecule has 2 aromatic carbocycles. The van der Waals surface area contributed by atoms with Gasteiger partial charge in [-0.1, -0.05) is 19.9 Å². The molecule has 5 heteroatoms. The Balaban J connectivity index is 1.74. The Bertz CT molecular complexity index is 840. The topological polar surface area (TPSA) is 49.5 Å². The van der Waals surface area contributed by atoms with E-state index in [-0.39, 0.29) is 0 Å². The molecule has 0 radical (unpaired) electrons. The maximum atomic E-state index is 5.99. The van der Waals surface area contributed by atoms with E-state index in [2.05, 4.69) is 47.2 Å². The third-order valence-corrected chi connectivity index (χ3v) is 4.57. The van der Waals surface area contributed by atoms with Crippen molar-refractivity contribution < 1.29 is 9.47 Å². The normalized spacial score (nSPS) is 11.1. The minimum absolute atomic E-state index is 0.636. The number of para-hydroxylation sites is 1. The number of benzene rings is 2. The summed E-state index contributed by atoms with van der Waals surface area (Å²) in [7, 11) is 1.67. The molecule has 0 spiro atoms. The van der Waals surface area contributed by atoms with Crippen LogP contribution in [0.15, 0.2) is 48.7 Å². The number of fused-ring (bicyclic) bond motifs is 1. The summed E-state index contributed by atoms with van der Waals surface area (Å²) >= 11 is 0. The molecule has 1 heterocycles. The van der Waals surface area contributed by atoms with Crippen molar-refractivity contribution in [2.24, 2.45) is 0 Å². The molecule has 2 N–H and O–H groups in total. The van der Waals surface area contributed by atoms with Crippen molar-refractivity contribution in [1.29, 1.82) is 0 Å². The van der Waals surface area contributed by atoms with Gasteiger partial charge in [-0.15, -0.1) is 0 Å². The Morgan fingerprint density at radius 2 is 1.92 bits per heavy atom. The smallest absolute Gasteiger partial charge is 0.184 e. The predicted octanol–water partition coefficient (Wildman–Crippen LogP) is 4.64. The monoisotopic (exact) mass is 353 g/mol. The number of hydrogen-bond donors (Lipinski definition) is 2. The lowest BCUT2D eigenvalue weighted by Gasteiger charge is -2.19. The van der Waals surface area contributed by atoms with Crippen LogP contribution < -0.4 is 14.8 Å². The predicted molar refractivity (Wildman–Crippen MR) is 108 cm³/mol. The SMILES string of the molecule is CCN(CC)CCOc1cccc(Nc2ccc3[nH]ccc3c2)c1OC. The first kappa shape index (κ1) is 18.1. The van der Waals surface area contributed by atoms with Crippen LogP contribution in [-0.4, -0.2) is 43.2 Å². The van der Waals surface area contributed by atoms with Crippen LogP contribution in [0.3, 0.4) is 0 Å². The summed E-state index contributed by atoms with van der Waals surface area (Å²) in [6.45, 7) is 7.92. The number of ether oxygens (including phenoxy) is 2. The van der Waals surface area contributed by atoms with E-state index in [1.165, 1.54) is 5.39 Å². The molecule has 0 fully saturated rings. The van der Waals surface area contributed by atoms with Crippen LogP contribution in [0, 0.1) is 0 Å². The van der Waals surface area contributed by atoms with Gasteiger partial charge in [0, 0.05) is 29.3 Å². The van der Waals surface area contributed by atoms with Crippen molar-refractivity contribution in [3.63, 3.8) is 0 Å². The van der Waals surface area contributed by atoms with Crippen molar-refractivity contribution in [2.75, 3.05) is 38.7 Å². The van der Waals surface area contributed by atoms with Crippen LogP contribution in [-0.2, 0) is 0 Å². The van der Waals surface area contributed by atoms with Crippen molar-refractivity contribution in [1.82, 2.24) is 9.88 Å². The maximum Gasteiger partial charge on any atom is 0.184 e. The molecule has 3 rings (SSSR count). The summed E-state index contributed by atoms with van der Waals surface area (Å²) in [6, 6.07) is 14.2. The van der Waals surface area contributed by atoms with Gasteiger partial charge in [-0.25, -0.2) is 0 Å². The zero-order chi connectivity index (χ0) is 18.4. The number of methoxy groups -OCH3 is 1. The molecule has 0 atom stereocenters. The van der Waals surface area contributed by atoms with E-state index >= 15 is 0 Å². The maximum absolute atomic E-state index is 5.99. The molecular weight excluding hydrogens is 326 g/mol.